The van der Waals surface area contributed by atoms with Crippen LogP contribution in [0.15, 0.2) is 34.7 Å². The summed E-state index contributed by atoms with van der Waals surface area (Å²) in [7, 11) is 0. The van der Waals surface area contributed by atoms with E-state index in [0.717, 1.165) is 5.56 Å². The quantitative estimate of drug-likeness (QED) is 0.770. The number of aliphatic hydroxyl groups excluding tert-OH is 1. The van der Waals surface area contributed by atoms with Crippen molar-refractivity contribution >= 4 is 17.3 Å². The van der Waals surface area contributed by atoms with Gasteiger partial charge in [-0.15, -0.1) is 0 Å². The van der Waals surface area contributed by atoms with Gasteiger partial charge in [0.1, 0.15) is 18.1 Å². The molecule has 0 atom stereocenters. The predicted octanol–water partition coefficient (Wildman–Crippen LogP) is 2.67. The number of hydrogen-bond acceptors (Lipinski definition) is 3. The number of benzene rings is 1. The SMILES string of the molecule is Nc1cc(-c2ccc(CO)o2)ccc1Cl. The highest BCUT2D eigenvalue weighted by Gasteiger charge is 2.05. The van der Waals surface area contributed by atoms with E-state index >= 15 is 0 Å². The summed E-state index contributed by atoms with van der Waals surface area (Å²) in [5, 5.41) is 9.38. The first kappa shape index (κ1) is 10.1. The van der Waals surface area contributed by atoms with E-state index in [9.17, 15) is 0 Å². The molecule has 0 bridgehead atoms. The molecule has 1 aromatic carbocycles. The van der Waals surface area contributed by atoms with Crippen LogP contribution in [0.5, 0.6) is 0 Å². The van der Waals surface area contributed by atoms with Crippen molar-refractivity contribution in [3.8, 4) is 11.3 Å². The third kappa shape index (κ3) is 1.98. The van der Waals surface area contributed by atoms with E-state index in [0.29, 0.717) is 22.2 Å². The summed E-state index contributed by atoms with van der Waals surface area (Å²) in [6.07, 6.45) is 0. The molecule has 3 N–H and O–H groups in total. The number of halogens is 1. The fourth-order valence-corrected chi connectivity index (χ4v) is 1.43. The summed E-state index contributed by atoms with van der Waals surface area (Å²) in [5.74, 6) is 1.20. The third-order valence-corrected chi connectivity index (χ3v) is 2.44. The first-order valence-electron chi connectivity index (χ1n) is 4.45. The van der Waals surface area contributed by atoms with Gasteiger partial charge in [0.25, 0.3) is 0 Å². The minimum atomic E-state index is -0.108. The molecule has 3 nitrogen and oxygen atoms in total. The van der Waals surface area contributed by atoms with Crippen molar-refractivity contribution in [2.45, 2.75) is 6.61 Å². The summed E-state index contributed by atoms with van der Waals surface area (Å²) in [4.78, 5) is 0. The van der Waals surface area contributed by atoms with E-state index in [-0.39, 0.29) is 6.61 Å². The normalized spacial score (nSPS) is 10.5. The summed E-state index contributed by atoms with van der Waals surface area (Å²) in [6.45, 7) is -0.108. The van der Waals surface area contributed by atoms with Crippen molar-refractivity contribution in [2.24, 2.45) is 0 Å². The minimum absolute atomic E-state index is 0.108. The summed E-state index contributed by atoms with van der Waals surface area (Å²) in [5.41, 5.74) is 7.03. The van der Waals surface area contributed by atoms with Gasteiger partial charge in [0.2, 0.25) is 0 Å². The first-order chi connectivity index (χ1) is 7.20. The number of rotatable bonds is 2. The maximum Gasteiger partial charge on any atom is 0.134 e. The predicted molar refractivity (Wildman–Crippen MR) is 59.5 cm³/mol. The van der Waals surface area contributed by atoms with Crippen molar-refractivity contribution in [2.75, 3.05) is 5.73 Å². The lowest BCUT2D eigenvalue weighted by Gasteiger charge is -2.00. The maximum absolute atomic E-state index is 8.86. The lowest BCUT2D eigenvalue weighted by molar-refractivity contribution is 0.248. The summed E-state index contributed by atoms with van der Waals surface area (Å²) >= 11 is 5.80. The van der Waals surface area contributed by atoms with E-state index in [1.165, 1.54) is 0 Å². The van der Waals surface area contributed by atoms with Gasteiger partial charge in [-0.05, 0) is 30.3 Å². The van der Waals surface area contributed by atoms with E-state index in [2.05, 4.69) is 0 Å². The average Bonchev–Trinajstić information content (AvgIpc) is 2.70. The number of nitrogen functional groups attached to an aromatic ring is 1. The smallest absolute Gasteiger partial charge is 0.134 e. The molecule has 0 aliphatic heterocycles. The van der Waals surface area contributed by atoms with Gasteiger partial charge < -0.3 is 15.3 Å². The second-order valence-corrected chi connectivity index (χ2v) is 3.57. The Hall–Kier alpha value is -1.45. The van der Waals surface area contributed by atoms with Gasteiger partial charge in [0.15, 0.2) is 0 Å². The van der Waals surface area contributed by atoms with Crippen LogP contribution in [0, 0.1) is 0 Å². The Kier molecular flexibility index (Phi) is 2.66. The van der Waals surface area contributed by atoms with E-state index in [1.807, 2.05) is 6.07 Å². The number of aliphatic hydroxyl groups is 1. The lowest BCUT2D eigenvalue weighted by Crippen LogP contribution is -1.86. The van der Waals surface area contributed by atoms with Crippen LogP contribution in [0.25, 0.3) is 11.3 Å². The van der Waals surface area contributed by atoms with Gasteiger partial charge in [0.05, 0.1) is 10.7 Å². The molecule has 0 aliphatic carbocycles. The molecule has 2 aromatic rings. The Morgan fingerprint density at radius 3 is 2.67 bits per heavy atom. The topological polar surface area (TPSA) is 59.4 Å². The Bertz CT molecular complexity index is 479. The van der Waals surface area contributed by atoms with Crippen LogP contribution in [-0.4, -0.2) is 5.11 Å². The third-order valence-electron chi connectivity index (χ3n) is 2.10. The van der Waals surface area contributed by atoms with Crippen LogP contribution < -0.4 is 5.73 Å². The zero-order valence-electron chi connectivity index (χ0n) is 7.90. The molecule has 0 saturated carbocycles. The van der Waals surface area contributed by atoms with Crippen LogP contribution in [-0.2, 0) is 6.61 Å². The lowest BCUT2D eigenvalue weighted by atomic mass is 10.1. The highest BCUT2D eigenvalue weighted by atomic mass is 35.5. The molecule has 0 unspecified atom stereocenters. The molecule has 0 amide bonds. The molecule has 2 rings (SSSR count). The summed E-state index contributed by atoms with van der Waals surface area (Å²) < 4.78 is 5.37. The van der Waals surface area contributed by atoms with Gasteiger partial charge in [-0.2, -0.15) is 0 Å². The molecule has 1 heterocycles. The fourth-order valence-electron chi connectivity index (χ4n) is 1.32. The van der Waals surface area contributed by atoms with E-state index in [1.54, 1.807) is 24.3 Å². The van der Waals surface area contributed by atoms with Crippen molar-refractivity contribution in [3.63, 3.8) is 0 Å². The second kappa shape index (κ2) is 3.96. The van der Waals surface area contributed by atoms with Crippen LogP contribution in [0.4, 0.5) is 5.69 Å². The molecular formula is C11H10ClNO2. The summed E-state index contributed by atoms with van der Waals surface area (Å²) in [6, 6.07) is 8.78. The largest absolute Gasteiger partial charge is 0.459 e. The molecule has 0 saturated heterocycles. The molecule has 4 heteroatoms. The molecule has 15 heavy (non-hydrogen) atoms. The second-order valence-electron chi connectivity index (χ2n) is 3.16. The van der Waals surface area contributed by atoms with Gasteiger partial charge >= 0.3 is 0 Å². The number of hydrogen-bond donors (Lipinski definition) is 2. The van der Waals surface area contributed by atoms with Crippen molar-refractivity contribution < 1.29 is 9.52 Å². The standard InChI is InChI=1S/C11H10ClNO2/c12-9-3-1-7(5-10(9)13)11-4-2-8(6-14)15-11/h1-5,14H,6,13H2. The fraction of sp³-hybridized carbons (Fsp3) is 0.0909. The number of anilines is 1. The highest BCUT2D eigenvalue weighted by molar-refractivity contribution is 6.33. The molecule has 0 radical (unpaired) electrons. The van der Waals surface area contributed by atoms with Crippen LogP contribution in [0.3, 0.4) is 0 Å². The molecule has 0 aliphatic rings. The number of nitrogens with two attached hydrogens (primary N) is 1. The first-order valence-corrected chi connectivity index (χ1v) is 4.83. The van der Waals surface area contributed by atoms with E-state index in [4.69, 9.17) is 26.9 Å². The molecule has 0 fully saturated rings. The van der Waals surface area contributed by atoms with Gasteiger partial charge in [-0.1, -0.05) is 11.6 Å². The van der Waals surface area contributed by atoms with E-state index < -0.39 is 0 Å². The Morgan fingerprint density at radius 2 is 2.07 bits per heavy atom. The number of furan rings is 1. The highest BCUT2D eigenvalue weighted by Crippen LogP contribution is 2.27. The van der Waals surface area contributed by atoms with Crippen molar-refractivity contribution in [1.29, 1.82) is 0 Å². The average molecular weight is 224 g/mol. The van der Waals surface area contributed by atoms with Gasteiger partial charge in [0, 0.05) is 5.56 Å². The molecular weight excluding hydrogens is 214 g/mol. The molecule has 0 spiro atoms. The monoisotopic (exact) mass is 223 g/mol. The van der Waals surface area contributed by atoms with Gasteiger partial charge in [-0.25, -0.2) is 0 Å². The van der Waals surface area contributed by atoms with Gasteiger partial charge in [-0.3, -0.25) is 0 Å². The minimum Gasteiger partial charge on any atom is -0.459 e. The van der Waals surface area contributed by atoms with Crippen LogP contribution in [0.2, 0.25) is 5.02 Å². The Morgan fingerprint density at radius 1 is 1.27 bits per heavy atom. The Balaban J connectivity index is 2.40. The van der Waals surface area contributed by atoms with Crippen molar-refractivity contribution in [1.82, 2.24) is 0 Å². The zero-order valence-corrected chi connectivity index (χ0v) is 8.66. The zero-order chi connectivity index (χ0) is 10.8. The van der Waals surface area contributed by atoms with Crippen LogP contribution >= 0.6 is 11.6 Å². The molecule has 1 aromatic heterocycles. The molecule has 78 valence electrons. The van der Waals surface area contributed by atoms with Crippen LogP contribution in [0.1, 0.15) is 5.76 Å². The van der Waals surface area contributed by atoms with Crippen molar-refractivity contribution in [3.05, 3.63) is 41.1 Å². The Labute approximate surface area is 92.1 Å². The maximum atomic E-state index is 8.86.